The summed E-state index contributed by atoms with van der Waals surface area (Å²) in [6.07, 6.45) is 6.55. The van der Waals surface area contributed by atoms with Crippen molar-refractivity contribution in [2.45, 2.75) is 51.3 Å². The quantitative estimate of drug-likeness (QED) is 0.699. The van der Waals surface area contributed by atoms with Crippen LogP contribution in [-0.2, 0) is 6.54 Å². The Morgan fingerprint density at radius 2 is 1.96 bits per heavy atom. The lowest BCUT2D eigenvalue weighted by atomic mass is 9.92. The third-order valence-electron chi connectivity index (χ3n) is 5.84. The highest BCUT2D eigenvalue weighted by molar-refractivity contribution is 5.83. The van der Waals surface area contributed by atoms with Crippen molar-refractivity contribution < 1.29 is 14.2 Å². The normalized spacial score (nSPS) is 21.2. The molecular weight excluding hydrogens is 354 g/mol. The van der Waals surface area contributed by atoms with Crippen molar-refractivity contribution in [2.75, 3.05) is 6.79 Å². The molecule has 0 spiro atoms. The first-order chi connectivity index (χ1) is 13.8. The van der Waals surface area contributed by atoms with E-state index >= 15 is 0 Å². The molecule has 2 N–H and O–H groups in total. The van der Waals surface area contributed by atoms with Crippen molar-refractivity contribution >= 4 is 10.9 Å². The van der Waals surface area contributed by atoms with Gasteiger partial charge in [0.05, 0.1) is 17.8 Å². The maximum atomic E-state index is 6.33. The number of aromatic nitrogens is 2. The number of ether oxygens (including phenoxy) is 3. The first kappa shape index (κ1) is 17.4. The molecule has 1 fully saturated rings. The number of aromatic amines is 1. The Balaban J connectivity index is 1.13. The standard InChI is InChI=1S/C22H25N3O3/c1-14-18-12-24-25-19(18)7-9-20(14)28-17-5-3-16(4-6-17)23-11-15-2-8-21-22(10-15)27-13-26-21/h2,7-10,12,16-17,23H,3-6,11,13H2,1H3,(H,24,25). The molecule has 28 heavy (non-hydrogen) atoms. The molecule has 5 rings (SSSR count). The molecule has 6 heteroatoms. The lowest BCUT2D eigenvalue weighted by Gasteiger charge is -2.30. The Morgan fingerprint density at radius 3 is 2.86 bits per heavy atom. The fourth-order valence-electron chi connectivity index (χ4n) is 4.14. The molecule has 2 aromatic carbocycles. The van der Waals surface area contributed by atoms with Crippen molar-refractivity contribution in [3.8, 4) is 17.2 Å². The highest BCUT2D eigenvalue weighted by Gasteiger charge is 2.23. The van der Waals surface area contributed by atoms with Crippen molar-refractivity contribution in [1.29, 1.82) is 0 Å². The number of nitrogens with one attached hydrogen (secondary N) is 2. The van der Waals surface area contributed by atoms with Crippen molar-refractivity contribution in [2.24, 2.45) is 0 Å². The van der Waals surface area contributed by atoms with E-state index in [1.165, 1.54) is 5.56 Å². The van der Waals surface area contributed by atoms with E-state index in [-0.39, 0.29) is 6.10 Å². The maximum absolute atomic E-state index is 6.33. The minimum Gasteiger partial charge on any atom is -0.490 e. The van der Waals surface area contributed by atoms with Crippen LogP contribution in [0.25, 0.3) is 10.9 Å². The lowest BCUT2D eigenvalue weighted by molar-refractivity contribution is 0.138. The molecule has 1 aliphatic carbocycles. The van der Waals surface area contributed by atoms with E-state index in [9.17, 15) is 0 Å². The molecule has 2 heterocycles. The molecule has 0 bridgehead atoms. The van der Waals surface area contributed by atoms with E-state index < -0.39 is 0 Å². The highest BCUT2D eigenvalue weighted by atomic mass is 16.7. The monoisotopic (exact) mass is 379 g/mol. The minimum absolute atomic E-state index is 0.284. The maximum Gasteiger partial charge on any atom is 0.231 e. The number of rotatable bonds is 5. The number of H-pyrrole nitrogens is 1. The largest absolute Gasteiger partial charge is 0.490 e. The van der Waals surface area contributed by atoms with Crippen LogP contribution in [0.3, 0.4) is 0 Å². The molecule has 0 atom stereocenters. The second-order valence-corrected chi connectivity index (χ2v) is 7.68. The van der Waals surface area contributed by atoms with Gasteiger partial charge in [-0.3, -0.25) is 5.10 Å². The Kier molecular flexibility index (Phi) is 4.56. The first-order valence-corrected chi connectivity index (χ1v) is 9.97. The lowest BCUT2D eigenvalue weighted by Crippen LogP contribution is -2.36. The van der Waals surface area contributed by atoms with Gasteiger partial charge in [-0.05, 0) is 62.4 Å². The predicted molar refractivity (Wildman–Crippen MR) is 107 cm³/mol. The summed E-state index contributed by atoms with van der Waals surface area (Å²) in [4.78, 5) is 0. The van der Waals surface area contributed by atoms with Gasteiger partial charge in [0.15, 0.2) is 11.5 Å². The van der Waals surface area contributed by atoms with Gasteiger partial charge < -0.3 is 19.5 Å². The zero-order valence-corrected chi connectivity index (χ0v) is 16.0. The molecule has 3 aromatic rings. The van der Waals surface area contributed by atoms with Gasteiger partial charge in [0.2, 0.25) is 6.79 Å². The molecule has 6 nitrogen and oxygen atoms in total. The van der Waals surface area contributed by atoms with Crippen LogP contribution in [-0.4, -0.2) is 29.1 Å². The second-order valence-electron chi connectivity index (χ2n) is 7.68. The van der Waals surface area contributed by atoms with Crippen LogP contribution in [0, 0.1) is 6.92 Å². The summed E-state index contributed by atoms with van der Waals surface area (Å²) in [5.74, 6) is 2.66. The predicted octanol–water partition coefficient (Wildman–Crippen LogP) is 4.08. The fourth-order valence-corrected chi connectivity index (χ4v) is 4.14. The number of nitrogens with zero attached hydrogens (tertiary/aromatic N) is 1. The van der Waals surface area contributed by atoms with Crippen molar-refractivity contribution in [3.05, 3.63) is 47.7 Å². The molecule has 0 unspecified atom stereocenters. The highest BCUT2D eigenvalue weighted by Crippen LogP contribution is 2.33. The van der Waals surface area contributed by atoms with Crippen molar-refractivity contribution in [1.82, 2.24) is 15.5 Å². The fraction of sp³-hybridized carbons (Fsp3) is 0.409. The van der Waals surface area contributed by atoms with Gasteiger partial charge in [0.25, 0.3) is 0 Å². The van der Waals surface area contributed by atoms with Crippen LogP contribution in [0.1, 0.15) is 36.8 Å². The Bertz CT molecular complexity index is 976. The number of hydrogen-bond acceptors (Lipinski definition) is 5. The Morgan fingerprint density at radius 1 is 1.11 bits per heavy atom. The van der Waals surface area contributed by atoms with Gasteiger partial charge in [-0.1, -0.05) is 6.07 Å². The number of aryl methyl sites for hydroxylation is 1. The van der Waals surface area contributed by atoms with Gasteiger partial charge in [0.1, 0.15) is 5.75 Å². The van der Waals surface area contributed by atoms with Crippen LogP contribution in [0.15, 0.2) is 36.5 Å². The molecule has 2 aliphatic rings. The third kappa shape index (κ3) is 3.40. The molecule has 146 valence electrons. The summed E-state index contributed by atoms with van der Waals surface area (Å²) >= 11 is 0. The Hall–Kier alpha value is -2.73. The Labute approximate surface area is 164 Å². The molecular formula is C22H25N3O3. The van der Waals surface area contributed by atoms with Crippen LogP contribution in [0.5, 0.6) is 17.2 Å². The molecule has 1 aromatic heterocycles. The van der Waals surface area contributed by atoms with E-state index in [0.717, 1.165) is 65.9 Å². The summed E-state index contributed by atoms with van der Waals surface area (Å²) in [5, 5.41) is 11.9. The number of hydrogen-bond donors (Lipinski definition) is 2. The SMILES string of the molecule is Cc1c(OC2CCC(NCc3ccc4c(c3)OCO4)CC2)ccc2[nH]ncc12. The van der Waals surface area contributed by atoms with Gasteiger partial charge in [-0.25, -0.2) is 0 Å². The average molecular weight is 379 g/mol. The zero-order chi connectivity index (χ0) is 18.9. The third-order valence-corrected chi connectivity index (χ3v) is 5.84. The van der Waals surface area contributed by atoms with E-state index in [1.807, 2.05) is 18.3 Å². The van der Waals surface area contributed by atoms with E-state index in [1.54, 1.807) is 0 Å². The molecule has 1 saturated carbocycles. The first-order valence-electron chi connectivity index (χ1n) is 9.97. The summed E-state index contributed by atoms with van der Waals surface area (Å²) in [7, 11) is 0. The summed E-state index contributed by atoms with van der Waals surface area (Å²) < 4.78 is 17.2. The van der Waals surface area contributed by atoms with Crippen molar-refractivity contribution in [3.63, 3.8) is 0 Å². The average Bonchev–Trinajstić information content (AvgIpc) is 3.38. The van der Waals surface area contributed by atoms with E-state index in [2.05, 4.69) is 40.6 Å². The molecule has 1 aliphatic heterocycles. The summed E-state index contributed by atoms with van der Waals surface area (Å²) in [6, 6.07) is 10.8. The van der Waals surface area contributed by atoms with E-state index in [4.69, 9.17) is 14.2 Å². The topological polar surface area (TPSA) is 68.4 Å². The zero-order valence-electron chi connectivity index (χ0n) is 16.0. The molecule has 0 radical (unpaired) electrons. The van der Waals surface area contributed by atoms with Gasteiger partial charge in [-0.2, -0.15) is 5.10 Å². The van der Waals surface area contributed by atoms with Gasteiger partial charge in [-0.15, -0.1) is 0 Å². The summed E-state index contributed by atoms with van der Waals surface area (Å²) in [6.45, 7) is 3.28. The van der Waals surface area contributed by atoms with Gasteiger partial charge in [0, 0.05) is 23.5 Å². The van der Waals surface area contributed by atoms with Crippen LogP contribution >= 0.6 is 0 Å². The van der Waals surface area contributed by atoms with Gasteiger partial charge >= 0.3 is 0 Å². The van der Waals surface area contributed by atoms with Crippen LogP contribution < -0.4 is 19.5 Å². The minimum atomic E-state index is 0.284. The number of fused-ring (bicyclic) bond motifs is 2. The number of benzene rings is 2. The smallest absolute Gasteiger partial charge is 0.231 e. The molecule has 0 amide bonds. The summed E-state index contributed by atoms with van der Waals surface area (Å²) in [5.41, 5.74) is 3.45. The molecule has 0 saturated heterocycles. The van der Waals surface area contributed by atoms with Crippen LogP contribution in [0.4, 0.5) is 0 Å². The van der Waals surface area contributed by atoms with E-state index in [0.29, 0.717) is 12.8 Å². The van der Waals surface area contributed by atoms with Crippen LogP contribution in [0.2, 0.25) is 0 Å². The second kappa shape index (κ2) is 7.36.